The van der Waals surface area contributed by atoms with Gasteiger partial charge in [-0.2, -0.15) is 0 Å². The van der Waals surface area contributed by atoms with E-state index in [0.717, 1.165) is 39.1 Å². The maximum absolute atomic E-state index is 12.4. The third-order valence-electron chi connectivity index (χ3n) is 5.26. The molecule has 0 saturated carbocycles. The van der Waals surface area contributed by atoms with Gasteiger partial charge in [-0.25, -0.2) is 0 Å². The van der Waals surface area contributed by atoms with Crippen molar-refractivity contribution in [3.05, 3.63) is 0 Å². The van der Waals surface area contributed by atoms with Crippen LogP contribution >= 0.6 is 0 Å². The van der Waals surface area contributed by atoms with Gasteiger partial charge in [0, 0.05) is 25.3 Å². The molecule has 2 aliphatic rings. The summed E-state index contributed by atoms with van der Waals surface area (Å²) < 4.78 is 5.56. The van der Waals surface area contributed by atoms with Crippen molar-refractivity contribution < 1.29 is 9.53 Å². The lowest BCUT2D eigenvalue weighted by Crippen LogP contribution is -2.61. The third kappa shape index (κ3) is 4.21. The molecule has 22 heavy (non-hydrogen) atoms. The van der Waals surface area contributed by atoms with Crippen LogP contribution in [0.25, 0.3) is 0 Å². The van der Waals surface area contributed by atoms with Gasteiger partial charge in [0.05, 0.1) is 6.04 Å². The highest BCUT2D eigenvalue weighted by Gasteiger charge is 2.40. The number of rotatable bonds is 4. The summed E-state index contributed by atoms with van der Waals surface area (Å²) in [5.41, 5.74) is 5.93. The minimum absolute atomic E-state index is 0.0321. The molecule has 0 radical (unpaired) electrons. The number of ether oxygens (including phenoxy) is 1. The molecule has 2 fully saturated rings. The number of hydrogen-bond acceptors (Lipinski definition) is 4. The Labute approximate surface area is 134 Å². The first-order valence-electron chi connectivity index (χ1n) is 8.71. The first-order valence-corrected chi connectivity index (χ1v) is 8.71. The summed E-state index contributed by atoms with van der Waals surface area (Å²) >= 11 is 0. The molecule has 1 amide bonds. The first kappa shape index (κ1) is 17.7. The molecule has 0 spiro atoms. The molecule has 2 saturated heterocycles. The fraction of sp³-hybridized carbons (Fsp3) is 0.941. The van der Waals surface area contributed by atoms with E-state index >= 15 is 0 Å². The fourth-order valence-electron chi connectivity index (χ4n) is 3.48. The monoisotopic (exact) mass is 311 g/mol. The van der Waals surface area contributed by atoms with Crippen LogP contribution in [0.5, 0.6) is 0 Å². The van der Waals surface area contributed by atoms with E-state index in [0.29, 0.717) is 6.54 Å². The van der Waals surface area contributed by atoms with Crippen LogP contribution in [0.4, 0.5) is 0 Å². The Hall–Kier alpha value is -0.650. The van der Waals surface area contributed by atoms with Crippen molar-refractivity contribution in [2.75, 3.05) is 32.8 Å². The number of likely N-dealkylation sites (tertiary alicyclic amines) is 1. The predicted octanol–water partition coefficient (Wildman–Crippen LogP) is 1.51. The smallest absolute Gasteiger partial charge is 0.237 e. The molecule has 128 valence electrons. The van der Waals surface area contributed by atoms with Crippen molar-refractivity contribution in [1.29, 1.82) is 0 Å². The van der Waals surface area contributed by atoms with Crippen LogP contribution in [0.1, 0.15) is 52.9 Å². The number of carbonyl (C=O) groups is 1. The zero-order chi connectivity index (χ0) is 16.2. The molecule has 2 rings (SSSR count). The maximum Gasteiger partial charge on any atom is 0.237 e. The van der Waals surface area contributed by atoms with Gasteiger partial charge in [0.1, 0.15) is 0 Å². The van der Waals surface area contributed by atoms with Crippen LogP contribution in [0, 0.1) is 5.41 Å². The highest BCUT2D eigenvalue weighted by Crippen LogP contribution is 2.30. The molecule has 2 aliphatic heterocycles. The highest BCUT2D eigenvalue weighted by atomic mass is 16.5. The molecular formula is C17H33N3O2. The molecule has 0 aromatic heterocycles. The molecule has 0 unspecified atom stereocenters. The van der Waals surface area contributed by atoms with Crippen molar-refractivity contribution in [1.82, 2.24) is 10.2 Å². The van der Waals surface area contributed by atoms with Gasteiger partial charge < -0.3 is 15.8 Å². The Bertz CT molecular complexity index is 367. The van der Waals surface area contributed by atoms with E-state index < -0.39 is 6.04 Å². The summed E-state index contributed by atoms with van der Waals surface area (Å²) in [4.78, 5) is 15.0. The van der Waals surface area contributed by atoms with Crippen molar-refractivity contribution in [2.24, 2.45) is 11.1 Å². The second-order valence-electron chi connectivity index (χ2n) is 7.95. The van der Waals surface area contributed by atoms with E-state index in [1.54, 1.807) is 0 Å². The van der Waals surface area contributed by atoms with Gasteiger partial charge in [0.2, 0.25) is 5.91 Å². The Morgan fingerprint density at radius 3 is 2.36 bits per heavy atom. The lowest BCUT2D eigenvalue weighted by Gasteiger charge is -2.48. The number of nitrogens with one attached hydrogen (secondary N) is 1. The van der Waals surface area contributed by atoms with Gasteiger partial charge in [0.15, 0.2) is 0 Å². The van der Waals surface area contributed by atoms with Crippen molar-refractivity contribution in [3.8, 4) is 0 Å². The summed E-state index contributed by atoms with van der Waals surface area (Å²) in [6.45, 7) is 10.6. The van der Waals surface area contributed by atoms with Gasteiger partial charge >= 0.3 is 0 Å². The summed E-state index contributed by atoms with van der Waals surface area (Å²) in [6.07, 6.45) is 5.84. The quantitative estimate of drug-likeness (QED) is 0.826. The average molecular weight is 311 g/mol. The Morgan fingerprint density at radius 1 is 1.23 bits per heavy atom. The first-order chi connectivity index (χ1) is 10.4. The van der Waals surface area contributed by atoms with E-state index in [2.05, 4.69) is 10.2 Å². The average Bonchev–Trinajstić information content (AvgIpc) is 2.53. The maximum atomic E-state index is 12.4. The second-order valence-corrected chi connectivity index (χ2v) is 7.95. The summed E-state index contributed by atoms with van der Waals surface area (Å²) in [6, 6.07) is -0.467. The molecule has 0 bridgehead atoms. The van der Waals surface area contributed by atoms with E-state index in [-0.39, 0.29) is 16.9 Å². The van der Waals surface area contributed by atoms with Crippen molar-refractivity contribution in [2.45, 2.75) is 64.5 Å². The van der Waals surface area contributed by atoms with E-state index in [4.69, 9.17) is 10.5 Å². The predicted molar refractivity (Wildman–Crippen MR) is 88.6 cm³/mol. The standard InChI is InChI=1S/C17H33N3O2/c1-16(2,3)14(18)15(21)19-13-17(7-11-22-12-8-17)20-9-5-4-6-10-20/h14H,4-13,18H2,1-3H3,(H,19,21)/t14-/m1/s1. The van der Waals surface area contributed by atoms with Gasteiger partial charge in [-0.05, 0) is 44.2 Å². The van der Waals surface area contributed by atoms with E-state index in [9.17, 15) is 4.79 Å². The highest BCUT2D eigenvalue weighted by molar-refractivity contribution is 5.82. The number of hydrogen-bond donors (Lipinski definition) is 2. The molecule has 5 nitrogen and oxygen atoms in total. The normalized spacial score (nSPS) is 24.7. The summed E-state index contributed by atoms with van der Waals surface area (Å²) in [5.74, 6) is -0.0321. The molecule has 2 heterocycles. The molecule has 5 heteroatoms. The largest absolute Gasteiger partial charge is 0.381 e. The third-order valence-corrected chi connectivity index (χ3v) is 5.26. The number of amides is 1. The molecule has 0 aromatic carbocycles. The molecule has 0 aromatic rings. The minimum Gasteiger partial charge on any atom is -0.381 e. The van der Waals surface area contributed by atoms with Crippen LogP contribution < -0.4 is 11.1 Å². The zero-order valence-corrected chi connectivity index (χ0v) is 14.5. The topological polar surface area (TPSA) is 67.6 Å². The molecule has 3 N–H and O–H groups in total. The Kier molecular flexibility index (Phi) is 5.86. The van der Waals surface area contributed by atoms with Crippen molar-refractivity contribution in [3.63, 3.8) is 0 Å². The van der Waals surface area contributed by atoms with E-state index in [1.165, 1.54) is 19.3 Å². The number of carbonyl (C=O) groups excluding carboxylic acids is 1. The van der Waals surface area contributed by atoms with Gasteiger partial charge in [0.25, 0.3) is 0 Å². The number of nitrogens with two attached hydrogens (primary N) is 1. The van der Waals surface area contributed by atoms with Gasteiger partial charge in [-0.3, -0.25) is 9.69 Å². The molecule has 0 aliphatic carbocycles. The van der Waals surface area contributed by atoms with Crippen LogP contribution in [0.2, 0.25) is 0 Å². The zero-order valence-electron chi connectivity index (χ0n) is 14.5. The van der Waals surface area contributed by atoms with Crippen LogP contribution in [0.15, 0.2) is 0 Å². The number of piperidine rings is 1. The van der Waals surface area contributed by atoms with Crippen LogP contribution in [-0.2, 0) is 9.53 Å². The SMILES string of the molecule is CC(C)(C)[C@H](N)C(=O)NCC1(N2CCCCC2)CCOCC1. The fourth-order valence-corrected chi connectivity index (χ4v) is 3.48. The number of nitrogens with zero attached hydrogens (tertiary/aromatic N) is 1. The van der Waals surface area contributed by atoms with Crippen LogP contribution in [-0.4, -0.2) is 55.2 Å². The molecule has 1 atom stereocenters. The lowest BCUT2D eigenvalue weighted by molar-refractivity contribution is -0.126. The van der Waals surface area contributed by atoms with Crippen molar-refractivity contribution >= 4 is 5.91 Å². The van der Waals surface area contributed by atoms with Gasteiger partial charge in [-0.15, -0.1) is 0 Å². The second kappa shape index (κ2) is 7.28. The molecular weight excluding hydrogens is 278 g/mol. The van der Waals surface area contributed by atoms with E-state index in [1.807, 2.05) is 20.8 Å². The summed E-state index contributed by atoms with van der Waals surface area (Å²) in [5, 5.41) is 3.14. The minimum atomic E-state index is -0.467. The Balaban J connectivity index is 1.99. The Morgan fingerprint density at radius 2 is 1.82 bits per heavy atom. The lowest BCUT2D eigenvalue weighted by atomic mass is 9.84. The van der Waals surface area contributed by atoms with Gasteiger partial charge in [-0.1, -0.05) is 27.2 Å². The van der Waals surface area contributed by atoms with Crippen LogP contribution in [0.3, 0.4) is 0 Å². The summed E-state index contributed by atoms with van der Waals surface area (Å²) in [7, 11) is 0.